The second-order valence-electron chi connectivity index (χ2n) is 4.70. The third-order valence-electron chi connectivity index (χ3n) is 3.02. The zero-order valence-electron chi connectivity index (χ0n) is 12.2. The smallest absolute Gasteiger partial charge is 0.391 e. The van der Waals surface area contributed by atoms with Crippen LogP contribution in [0.5, 0.6) is 5.88 Å². The number of nitrogens with zero attached hydrogens (tertiary/aromatic N) is 5. The molecular formula is C15H14N6O2. The minimum Gasteiger partial charge on any atom is -0.391 e. The van der Waals surface area contributed by atoms with Crippen molar-refractivity contribution in [3.8, 4) is 5.88 Å². The normalized spacial score (nSPS) is 10.3. The van der Waals surface area contributed by atoms with E-state index < -0.39 is 6.09 Å². The Morgan fingerprint density at radius 2 is 1.91 bits per heavy atom. The summed E-state index contributed by atoms with van der Waals surface area (Å²) in [6.45, 7) is 1.02. The molecule has 0 fully saturated rings. The maximum atomic E-state index is 11.7. The van der Waals surface area contributed by atoms with E-state index in [9.17, 15) is 4.79 Å². The molecule has 2 heterocycles. The first-order valence-electron chi connectivity index (χ1n) is 6.91. The van der Waals surface area contributed by atoms with Gasteiger partial charge in [-0.05, 0) is 11.1 Å². The van der Waals surface area contributed by atoms with Crippen LogP contribution in [0.1, 0.15) is 11.1 Å². The monoisotopic (exact) mass is 310 g/mol. The minimum atomic E-state index is -0.560. The van der Waals surface area contributed by atoms with Gasteiger partial charge in [0.15, 0.2) is 0 Å². The van der Waals surface area contributed by atoms with Crippen molar-refractivity contribution >= 4 is 6.09 Å². The predicted molar refractivity (Wildman–Crippen MR) is 80.5 cm³/mol. The van der Waals surface area contributed by atoms with Crippen molar-refractivity contribution in [3.63, 3.8) is 0 Å². The molecule has 1 amide bonds. The summed E-state index contributed by atoms with van der Waals surface area (Å²) in [7, 11) is 0. The molecule has 0 aliphatic rings. The minimum absolute atomic E-state index is 0.209. The Morgan fingerprint density at radius 3 is 2.61 bits per heavy atom. The largest absolute Gasteiger partial charge is 0.414 e. The number of amides is 1. The van der Waals surface area contributed by atoms with Crippen molar-refractivity contribution in [2.45, 2.75) is 13.1 Å². The fourth-order valence-electron chi connectivity index (χ4n) is 1.91. The van der Waals surface area contributed by atoms with Gasteiger partial charge in [-0.3, -0.25) is 0 Å². The van der Waals surface area contributed by atoms with E-state index in [1.807, 2.05) is 24.3 Å². The van der Waals surface area contributed by atoms with E-state index in [-0.39, 0.29) is 5.88 Å². The maximum absolute atomic E-state index is 11.7. The Morgan fingerprint density at radius 1 is 1.09 bits per heavy atom. The van der Waals surface area contributed by atoms with Gasteiger partial charge in [0.05, 0.1) is 6.54 Å². The van der Waals surface area contributed by atoms with Crippen LogP contribution in [-0.2, 0) is 13.1 Å². The molecular weight excluding hydrogens is 296 g/mol. The van der Waals surface area contributed by atoms with Crippen molar-refractivity contribution in [2.24, 2.45) is 0 Å². The van der Waals surface area contributed by atoms with Gasteiger partial charge >= 0.3 is 6.09 Å². The molecule has 0 saturated carbocycles. The SMILES string of the molecule is O=C(NCc1ccc(Cn2cncn2)cc1)Oc1ccncn1. The van der Waals surface area contributed by atoms with E-state index in [0.29, 0.717) is 13.1 Å². The highest BCUT2D eigenvalue weighted by Crippen LogP contribution is 2.06. The lowest BCUT2D eigenvalue weighted by atomic mass is 10.1. The molecule has 0 aliphatic heterocycles. The number of ether oxygens (including phenoxy) is 1. The zero-order valence-corrected chi connectivity index (χ0v) is 12.2. The number of hydrogen-bond donors (Lipinski definition) is 1. The van der Waals surface area contributed by atoms with Crippen molar-refractivity contribution in [1.82, 2.24) is 30.0 Å². The average molecular weight is 310 g/mol. The maximum Gasteiger partial charge on any atom is 0.414 e. The highest BCUT2D eigenvalue weighted by atomic mass is 16.6. The van der Waals surface area contributed by atoms with Crippen molar-refractivity contribution in [2.75, 3.05) is 0 Å². The summed E-state index contributed by atoms with van der Waals surface area (Å²) in [6.07, 6.45) is 5.43. The van der Waals surface area contributed by atoms with Crippen molar-refractivity contribution in [3.05, 3.63) is 66.6 Å². The fourth-order valence-corrected chi connectivity index (χ4v) is 1.91. The average Bonchev–Trinajstić information content (AvgIpc) is 3.08. The van der Waals surface area contributed by atoms with Crippen molar-refractivity contribution < 1.29 is 9.53 Å². The van der Waals surface area contributed by atoms with Crippen LogP contribution in [-0.4, -0.2) is 30.8 Å². The van der Waals surface area contributed by atoms with Gasteiger partial charge in [0.2, 0.25) is 5.88 Å². The van der Waals surface area contributed by atoms with Gasteiger partial charge in [-0.2, -0.15) is 5.10 Å². The van der Waals surface area contributed by atoms with Crippen LogP contribution >= 0.6 is 0 Å². The number of carbonyl (C=O) groups excluding carboxylic acids is 1. The van der Waals surface area contributed by atoms with Gasteiger partial charge in [-0.15, -0.1) is 0 Å². The van der Waals surface area contributed by atoms with E-state index >= 15 is 0 Å². The summed E-state index contributed by atoms with van der Waals surface area (Å²) < 4.78 is 6.75. The molecule has 0 aliphatic carbocycles. The first-order chi connectivity index (χ1) is 11.3. The molecule has 0 bridgehead atoms. The molecule has 2 aromatic heterocycles. The molecule has 0 atom stereocenters. The van der Waals surface area contributed by atoms with Crippen LogP contribution in [0, 0.1) is 0 Å². The Labute approximate surface area is 132 Å². The molecule has 3 aromatic rings. The molecule has 8 heteroatoms. The topological polar surface area (TPSA) is 94.8 Å². The summed E-state index contributed by atoms with van der Waals surface area (Å²) in [5, 5.41) is 6.72. The Kier molecular flexibility index (Phi) is 4.53. The molecule has 116 valence electrons. The van der Waals surface area contributed by atoms with Crippen LogP contribution in [0.25, 0.3) is 0 Å². The van der Waals surface area contributed by atoms with Gasteiger partial charge in [0.1, 0.15) is 19.0 Å². The van der Waals surface area contributed by atoms with E-state index in [0.717, 1.165) is 11.1 Å². The van der Waals surface area contributed by atoms with Gasteiger partial charge in [-0.25, -0.2) is 24.4 Å². The third-order valence-corrected chi connectivity index (χ3v) is 3.02. The second-order valence-corrected chi connectivity index (χ2v) is 4.70. The van der Waals surface area contributed by atoms with Gasteiger partial charge in [0.25, 0.3) is 0 Å². The molecule has 0 radical (unpaired) electrons. The van der Waals surface area contributed by atoms with Crippen LogP contribution in [0.2, 0.25) is 0 Å². The van der Waals surface area contributed by atoms with Crippen LogP contribution < -0.4 is 10.1 Å². The fraction of sp³-hybridized carbons (Fsp3) is 0.133. The lowest BCUT2D eigenvalue weighted by molar-refractivity contribution is 0.198. The molecule has 8 nitrogen and oxygen atoms in total. The molecule has 1 aromatic carbocycles. The number of nitrogens with one attached hydrogen (secondary N) is 1. The lowest BCUT2D eigenvalue weighted by Gasteiger charge is -2.07. The van der Waals surface area contributed by atoms with E-state index in [1.165, 1.54) is 24.9 Å². The summed E-state index contributed by atoms with van der Waals surface area (Å²) in [6, 6.07) is 9.36. The molecule has 0 saturated heterocycles. The van der Waals surface area contributed by atoms with E-state index in [2.05, 4.69) is 25.4 Å². The standard InChI is InChI=1S/C15H14N6O2/c22-15(23-14-5-6-16-9-19-14)18-7-12-1-3-13(4-2-12)8-21-11-17-10-20-21/h1-6,9-11H,7-8H2,(H,18,22). The molecule has 1 N–H and O–H groups in total. The number of hydrogen-bond acceptors (Lipinski definition) is 6. The van der Waals surface area contributed by atoms with Gasteiger partial charge in [0, 0.05) is 18.8 Å². The third kappa shape index (κ3) is 4.34. The highest BCUT2D eigenvalue weighted by Gasteiger charge is 2.05. The number of benzene rings is 1. The Bertz CT molecular complexity index is 743. The zero-order chi connectivity index (χ0) is 15.9. The number of rotatable bonds is 5. The molecule has 0 spiro atoms. The number of carbonyl (C=O) groups is 1. The summed E-state index contributed by atoms with van der Waals surface area (Å²) in [4.78, 5) is 23.1. The van der Waals surface area contributed by atoms with E-state index in [4.69, 9.17) is 4.74 Å². The summed E-state index contributed by atoms with van der Waals surface area (Å²) >= 11 is 0. The van der Waals surface area contributed by atoms with E-state index in [1.54, 1.807) is 11.0 Å². The molecule has 23 heavy (non-hydrogen) atoms. The Hall–Kier alpha value is -3.29. The predicted octanol–water partition coefficient (Wildman–Crippen LogP) is 1.40. The van der Waals surface area contributed by atoms with Gasteiger partial charge in [-0.1, -0.05) is 24.3 Å². The van der Waals surface area contributed by atoms with Crippen molar-refractivity contribution in [1.29, 1.82) is 0 Å². The quantitative estimate of drug-likeness (QED) is 0.765. The Balaban J connectivity index is 1.49. The summed E-state index contributed by atoms with van der Waals surface area (Å²) in [5.41, 5.74) is 2.06. The molecule has 3 rings (SSSR count). The van der Waals surface area contributed by atoms with Gasteiger partial charge < -0.3 is 10.1 Å². The number of aromatic nitrogens is 5. The lowest BCUT2D eigenvalue weighted by Crippen LogP contribution is -2.26. The first-order valence-corrected chi connectivity index (χ1v) is 6.91. The first kappa shape index (κ1) is 14.6. The summed E-state index contributed by atoms with van der Waals surface area (Å²) in [5.74, 6) is 0.209. The second kappa shape index (κ2) is 7.12. The highest BCUT2D eigenvalue weighted by molar-refractivity contribution is 5.69. The molecule has 0 unspecified atom stereocenters. The van der Waals surface area contributed by atoms with Crippen LogP contribution in [0.15, 0.2) is 55.5 Å². The van der Waals surface area contributed by atoms with Crippen LogP contribution in [0.3, 0.4) is 0 Å². The van der Waals surface area contributed by atoms with Crippen LogP contribution in [0.4, 0.5) is 4.79 Å².